The molecule has 0 fully saturated rings. The molecule has 0 aliphatic rings. The molecule has 0 bridgehead atoms. The van der Waals surface area contributed by atoms with Crippen molar-refractivity contribution < 1.29 is 22.6 Å². The van der Waals surface area contributed by atoms with E-state index in [1.165, 1.54) is 11.6 Å². The Morgan fingerprint density at radius 1 is 0.952 bits per heavy atom. The van der Waals surface area contributed by atoms with Crippen LogP contribution in [0.1, 0.15) is 23.6 Å². The SMILES string of the molecule is CCc1ccc(OF)c(F)c1F.Cc1ccc(CF)cc1. The first-order valence-corrected chi connectivity index (χ1v) is 6.40. The largest absolute Gasteiger partial charge is 0.291 e. The zero-order valence-electron chi connectivity index (χ0n) is 11.8. The summed E-state index contributed by atoms with van der Waals surface area (Å²) in [6.45, 7) is 3.30. The Balaban J connectivity index is 0.000000219. The summed E-state index contributed by atoms with van der Waals surface area (Å²) in [5, 5.41) is 0. The molecule has 0 aliphatic heterocycles. The molecule has 21 heavy (non-hydrogen) atoms. The van der Waals surface area contributed by atoms with Gasteiger partial charge in [0.1, 0.15) is 6.67 Å². The van der Waals surface area contributed by atoms with E-state index in [0.717, 1.165) is 11.6 Å². The maximum Gasteiger partial charge on any atom is 0.210 e. The first-order valence-electron chi connectivity index (χ1n) is 6.40. The first kappa shape index (κ1) is 17.0. The van der Waals surface area contributed by atoms with E-state index in [9.17, 15) is 17.7 Å². The van der Waals surface area contributed by atoms with Crippen molar-refractivity contribution in [3.63, 3.8) is 0 Å². The predicted molar refractivity (Wildman–Crippen MR) is 73.5 cm³/mol. The lowest BCUT2D eigenvalue weighted by atomic mass is 10.1. The number of benzene rings is 2. The summed E-state index contributed by atoms with van der Waals surface area (Å²) in [5.74, 6) is -3.05. The highest BCUT2D eigenvalue weighted by atomic mass is 19.3. The van der Waals surface area contributed by atoms with Crippen molar-refractivity contribution in [2.45, 2.75) is 26.9 Å². The number of halogens is 4. The van der Waals surface area contributed by atoms with Crippen LogP contribution in [0.2, 0.25) is 0 Å². The molecule has 2 rings (SSSR count). The van der Waals surface area contributed by atoms with Crippen molar-refractivity contribution in [1.29, 1.82) is 0 Å². The van der Waals surface area contributed by atoms with E-state index in [1.807, 2.05) is 19.1 Å². The summed E-state index contributed by atoms with van der Waals surface area (Å²) < 4.78 is 48.9. The lowest BCUT2D eigenvalue weighted by Gasteiger charge is -2.02. The van der Waals surface area contributed by atoms with Crippen LogP contribution in [0.15, 0.2) is 36.4 Å². The van der Waals surface area contributed by atoms with Gasteiger partial charge in [0.25, 0.3) is 0 Å². The number of hydrogen-bond donors (Lipinski definition) is 0. The lowest BCUT2D eigenvalue weighted by molar-refractivity contribution is -0.0114. The normalized spacial score (nSPS) is 9.81. The van der Waals surface area contributed by atoms with Crippen LogP contribution in [0.25, 0.3) is 0 Å². The molecular formula is C16H16F4O. The minimum absolute atomic E-state index is 0.202. The molecule has 0 saturated heterocycles. The van der Waals surface area contributed by atoms with Crippen LogP contribution in [0.3, 0.4) is 0 Å². The van der Waals surface area contributed by atoms with Gasteiger partial charge in [0, 0.05) is 4.53 Å². The van der Waals surface area contributed by atoms with Crippen LogP contribution in [0, 0.1) is 18.6 Å². The molecule has 5 heteroatoms. The molecule has 0 aliphatic carbocycles. The number of alkyl halides is 1. The molecule has 114 valence electrons. The van der Waals surface area contributed by atoms with Crippen molar-refractivity contribution in [2.75, 3.05) is 0 Å². The number of aryl methyl sites for hydroxylation is 2. The molecule has 0 spiro atoms. The molecule has 0 amide bonds. The molecule has 0 radical (unpaired) electrons. The Hall–Kier alpha value is -2.04. The van der Waals surface area contributed by atoms with E-state index in [4.69, 9.17) is 0 Å². The minimum Gasteiger partial charge on any atom is -0.291 e. The van der Waals surface area contributed by atoms with Crippen molar-refractivity contribution in [3.05, 3.63) is 64.7 Å². The fourth-order valence-corrected chi connectivity index (χ4v) is 1.58. The van der Waals surface area contributed by atoms with E-state index in [-0.39, 0.29) is 12.2 Å². The van der Waals surface area contributed by atoms with Crippen LogP contribution in [-0.4, -0.2) is 0 Å². The van der Waals surface area contributed by atoms with E-state index in [1.54, 1.807) is 19.1 Å². The van der Waals surface area contributed by atoms with Crippen LogP contribution in [0.4, 0.5) is 17.7 Å². The molecule has 0 aromatic heterocycles. The van der Waals surface area contributed by atoms with Gasteiger partial charge in [-0.1, -0.05) is 42.8 Å². The van der Waals surface area contributed by atoms with Gasteiger partial charge in [-0.2, -0.15) is 4.39 Å². The monoisotopic (exact) mass is 300 g/mol. The Morgan fingerprint density at radius 3 is 2.05 bits per heavy atom. The van der Waals surface area contributed by atoms with Gasteiger partial charge in [-0.25, -0.2) is 8.78 Å². The summed E-state index contributed by atoms with van der Waals surface area (Å²) in [5.41, 5.74) is 2.13. The van der Waals surface area contributed by atoms with Gasteiger partial charge in [-0.3, -0.25) is 4.94 Å². The molecule has 1 nitrogen and oxygen atoms in total. The molecule has 0 atom stereocenters. The van der Waals surface area contributed by atoms with Gasteiger partial charge < -0.3 is 0 Å². The molecule has 0 heterocycles. The maximum absolute atomic E-state index is 12.8. The highest BCUT2D eigenvalue weighted by molar-refractivity contribution is 5.30. The predicted octanol–water partition coefficient (Wildman–Crippen LogP) is 5.26. The van der Waals surface area contributed by atoms with Crippen molar-refractivity contribution in [3.8, 4) is 5.75 Å². The molecule has 2 aromatic carbocycles. The van der Waals surface area contributed by atoms with Crippen LogP contribution in [0.5, 0.6) is 5.75 Å². The summed E-state index contributed by atoms with van der Waals surface area (Å²) in [7, 11) is 0. The Bertz CT molecular complexity index is 538. The standard InChI is InChI=1S/C8H7F3O.C8H9F/c1-2-5-3-4-6(12-11)8(10)7(5)9;1-7-2-4-8(6-9)5-3-7/h3-4H,2H2,1H3;2-5H,6H2,1H3. The van der Waals surface area contributed by atoms with E-state index in [0.29, 0.717) is 6.42 Å². The zero-order valence-corrected chi connectivity index (χ0v) is 11.8. The minimum atomic E-state index is -1.28. The van der Waals surface area contributed by atoms with Crippen LogP contribution < -0.4 is 4.94 Å². The summed E-state index contributed by atoms with van der Waals surface area (Å²) in [6, 6.07) is 9.76. The van der Waals surface area contributed by atoms with E-state index in [2.05, 4.69) is 4.94 Å². The van der Waals surface area contributed by atoms with Crippen molar-refractivity contribution >= 4 is 0 Å². The summed E-state index contributed by atoms with van der Waals surface area (Å²) in [6.07, 6.45) is 0.356. The average Bonchev–Trinajstić information content (AvgIpc) is 2.51. The van der Waals surface area contributed by atoms with Crippen LogP contribution in [-0.2, 0) is 13.1 Å². The zero-order chi connectivity index (χ0) is 15.8. The van der Waals surface area contributed by atoms with E-state index >= 15 is 0 Å². The highest BCUT2D eigenvalue weighted by Crippen LogP contribution is 2.22. The second-order valence-corrected chi connectivity index (χ2v) is 4.40. The molecular weight excluding hydrogens is 284 g/mol. The van der Waals surface area contributed by atoms with Gasteiger partial charge in [0.2, 0.25) is 11.6 Å². The van der Waals surface area contributed by atoms with Gasteiger partial charge >= 0.3 is 0 Å². The number of hydrogen-bond acceptors (Lipinski definition) is 1. The third kappa shape index (κ3) is 4.77. The molecule has 0 N–H and O–H groups in total. The fraction of sp³-hybridized carbons (Fsp3) is 0.250. The van der Waals surface area contributed by atoms with Gasteiger partial charge in [-0.15, -0.1) is 0 Å². The third-order valence-corrected chi connectivity index (χ3v) is 2.87. The summed E-state index contributed by atoms with van der Waals surface area (Å²) in [4.78, 5) is 3.11. The smallest absolute Gasteiger partial charge is 0.210 e. The topological polar surface area (TPSA) is 9.23 Å². The molecule has 0 unspecified atom stereocenters. The number of rotatable bonds is 3. The highest BCUT2D eigenvalue weighted by Gasteiger charge is 2.13. The first-order chi connectivity index (χ1) is 10.0. The maximum atomic E-state index is 12.8. The lowest BCUT2D eigenvalue weighted by Crippen LogP contribution is -1.94. The van der Waals surface area contributed by atoms with Crippen molar-refractivity contribution in [2.24, 2.45) is 0 Å². The van der Waals surface area contributed by atoms with Crippen molar-refractivity contribution in [1.82, 2.24) is 0 Å². The second-order valence-electron chi connectivity index (χ2n) is 4.40. The van der Waals surface area contributed by atoms with Gasteiger partial charge in [0.15, 0.2) is 5.82 Å². The Morgan fingerprint density at radius 2 is 1.57 bits per heavy atom. The van der Waals surface area contributed by atoms with Gasteiger partial charge in [0.05, 0.1) is 0 Å². The quantitative estimate of drug-likeness (QED) is 0.703. The molecule has 0 saturated carbocycles. The summed E-state index contributed by atoms with van der Waals surface area (Å²) >= 11 is 0. The Labute approximate surface area is 121 Å². The van der Waals surface area contributed by atoms with E-state index < -0.39 is 17.4 Å². The van der Waals surface area contributed by atoms with Crippen LogP contribution >= 0.6 is 0 Å². The second kappa shape index (κ2) is 8.29. The fourth-order valence-electron chi connectivity index (χ4n) is 1.58. The molecule has 2 aromatic rings. The van der Waals surface area contributed by atoms with Gasteiger partial charge in [-0.05, 0) is 30.5 Å². The Kier molecular flexibility index (Phi) is 6.72. The third-order valence-electron chi connectivity index (χ3n) is 2.87. The average molecular weight is 300 g/mol.